The maximum atomic E-state index is 13.3. The molecule has 0 aromatic heterocycles. The topological polar surface area (TPSA) is 12.0 Å². The van der Waals surface area contributed by atoms with E-state index in [-0.39, 0.29) is 0 Å². The third-order valence-electron chi connectivity index (χ3n) is 3.95. The van der Waals surface area contributed by atoms with Crippen LogP contribution >= 0.6 is 0 Å². The van der Waals surface area contributed by atoms with Gasteiger partial charge in [-0.1, -0.05) is 37.8 Å². The number of likely N-dealkylation sites (N-methyl/N-ethyl adjacent to an activating group) is 1. The summed E-state index contributed by atoms with van der Waals surface area (Å²) < 4.78 is 26.6. The van der Waals surface area contributed by atoms with E-state index in [1.165, 1.54) is 49.8 Å². The Kier molecular flexibility index (Phi) is 5.72. The molecule has 0 unspecified atom stereocenters. The monoisotopic (exact) mass is 279 g/mol. The second-order valence-corrected chi connectivity index (χ2v) is 5.54. The number of benzene rings is 1. The molecule has 0 atom stereocenters. The summed E-state index contributed by atoms with van der Waals surface area (Å²) in [5.41, 5.74) is 1.90. The molecule has 1 aromatic rings. The van der Waals surface area contributed by atoms with Gasteiger partial charge < -0.3 is 5.32 Å². The van der Waals surface area contributed by atoms with E-state index in [9.17, 15) is 8.78 Å². The second-order valence-electron chi connectivity index (χ2n) is 5.54. The summed E-state index contributed by atoms with van der Waals surface area (Å²) in [6.45, 7) is 3.78. The number of hydrogen-bond donors (Lipinski definition) is 1. The molecule has 1 fully saturated rings. The zero-order chi connectivity index (χ0) is 14.4. The van der Waals surface area contributed by atoms with Gasteiger partial charge in [0.1, 0.15) is 11.6 Å². The predicted octanol–water partition coefficient (Wildman–Crippen LogP) is 4.54. The third kappa shape index (κ3) is 4.41. The molecule has 1 nitrogen and oxygen atoms in total. The molecule has 1 aromatic carbocycles. The Morgan fingerprint density at radius 2 is 1.80 bits per heavy atom. The smallest absolute Gasteiger partial charge is 0.126 e. The van der Waals surface area contributed by atoms with Gasteiger partial charge >= 0.3 is 0 Å². The van der Waals surface area contributed by atoms with E-state index >= 15 is 0 Å². The maximum absolute atomic E-state index is 13.3. The minimum Gasteiger partial charge on any atom is -0.313 e. The zero-order valence-corrected chi connectivity index (χ0v) is 12.1. The molecule has 1 aliphatic rings. The molecule has 1 N–H and O–H groups in total. The first-order valence-electron chi connectivity index (χ1n) is 7.56. The van der Waals surface area contributed by atoms with Gasteiger partial charge in [0.25, 0.3) is 0 Å². The molecular weight excluding hydrogens is 256 g/mol. The Hall–Kier alpha value is -1.22. The molecule has 0 heterocycles. The predicted molar refractivity (Wildman–Crippen MR) is 79.5 cm³/mol. The van der Waals surface area contributed by atoms with E-state index in [4.69, 9.17) is 0 Å². The number of hydrogen-bond acceptors (Lipinski definition) is 1. The highest BCUT2D eigenvalue weighted by molar-refractivity contribution is 5.54. The van der Waals surface area contributed by atoms with E-state index in [1.54, 1.807) is 0 Å². The van der Waals surface area contributed by atoms with Crippen molar-refractivity contribution in [1.29, 1.82) is 0 Å². The zero-order valence-electron chi connectivity index (χ0n) is 12.1. The van der Waals surface area contributed by atoms with E-state index in [0.29, 0.717) is 11.5 Å². The van der Waals surface area contributed by atoms with Crippen LogP contribution < -0.4 is 5.32 Å². The van der Waals surface area contributed by atoms with Crippen LogP contribution in [0, 0.1) is 17.6 Å². The molecule has 0 bridgehead atoms. The number of halogens is 2. The van der Waals surface area contributed by atoms with Crippen molar-refractivity contribution < 1.29 is 8.78 Å². The van der Waals surface area contributed by atoms with Crippen molar-refractivity contribution in [3.8, 4) is 0 Å². The molecule has 3 heteroatoms. The number of nitrogens with one attached hydrogen (secondary N) is 1. The van der Waals surface area contributed by atoms with Crippen molar-refractivity contribution in [3.63, 3.8) is 0 Å². The highest BCUT2D eigenvalue weighted by atomic mass is 19.1. The largest absolute Gasteiger partial charge is 0.313 e. The lowest BCUT2D eigenvalue weighted by molar-refractivity contribution is 0.397. The molecule has 20 heavy (non-hydrogen) atoms. The maximum Gasteiger partial charge on any atom is 0.126 e. The average molecular weight is 279 g/mol. The van der Waals surface area contributed by atoms with Crippen LogP contribution in [-0.4, -0.2) is 13.1 Å². The molecule has 0 aliphatic heterocycles. The van der Waals surface area contributed by atoms with Crippen molar-refractivity contribution in [1.82, 2.24) is 5.32 Å². The number of rotatable bonds is 5. The van der Waals surface area contributed by atoms with Crippen molar-refractivity contribution in [2.75, 3.05) is 13.1 Å². The first-order chi connectivity index (χ1) is 9.69. The van der Waals surface area contributed by atoms with E-state index < -0.39 is 11.6 Å². The minimum absolute atomic E-state index is 0.511. The molecule has 1 saturated carbocycles. The average Bonchev–Trinajstić information content (AvgIpc) is 2.43. The SMILES string of the molecule is CCNC/C(=C/c1cc(F)cc(F)c1)C1CCCCC1. The summed E-state index contributed by atoms with van der Waals surface area (Å²) in [5.74, 6) is -0.473. The minimum atomic E-state index is -0.511. The van der Waals surface area contributed by atoms with Crippen LogP contribution in [0.3, 0.4) is 0 Å². The summed E-state index contributed by atoms with van der Waals surface area (Å²) in [4.78, 5) is 0. The molecule has 1 aliphatic carbocycles. The first-order valence-corrected chi connectivity index (χ1v) is 7.56. The van der Waals surface area contributed by atoms with Gasteiger partial charge in [-0.15, -0.1) is 0 Å². The van der Waals surface area contributed by atoms with Crippen molar-refractivity contribution in [2.45, 2.75) is 39.0 Å². The third-order valence-corrected chi connectivity index (χ3v) is 3.95. The molecule has 0 saturated heterocycles. The normalized spacial score (nSPS) is 17.4. The Bertz CT molecular complexity index is 442. The van der Waals surface area contributed by atoms with Gasteiger partial charge in [0.05, 0.1) is 0 Å². The summed E-state index contributed by atoms with van der Waals surface area (Å²) in [5, 5.41) is 3.34. The highest BCUT2D eigenvalue weighted by Gasteiger charge is 2.17. The van der Waals surface area contributed by atoms with Crippen molar-refractivity contribution >= 4 is 6.08 Å². The summed E-state index contributed by atoms with van der Waals surface area (Å²) in [6, 6.07) is 3.72. The van der Waals surface area contributed by atoms with E-state index in [0.717, 1.165) is 19.2 Å². The quantitative estimate of drug-likeness (QED) is 0.834. The van der Waals surface area contributed by atoms with Crippen LogP contribution in [0.5, 0.6) is 0 Å². The molecule has 110 valence electrons. The van der Waals surface area contributed by atoms with Crippen LogP contribution in [0.2, 0.25) is 0 Å². The lowest BCUT2D eigenvalue weighted by atomic mass is 9.83. The Morgan fingerprint density at radius 1 is 1.15 bits per heavy atom. The first kappa shape index (κ1) is 15.2. The summed E-state index contributed by atoms with van der Waals surface area (Å²) >= 11 is 0. The van der Waals surface area contributed by atoms with Gasteiger partial charge in [-0.05, 0) is 43.0 Å². The molecule has 2 rings (SSSR count). The molecule has 0 amide bonds. The van der Waals surface area contributed by atoms with E-state index in [2.05, 4.69) is 12.2 Å². The van der Waals surface area contributed by atoms with E-state index in [1.807, 2.05) is 6.08 Å². The lowest BCUT2D eigenvalue weighted by Gasteiger charge is -2.25. The van der Waals surface area contributed by atoms with Gasteiger partial charge in [-0.2, -0.15) is 0 Å². The van der Waals surface area contributed by atoms with Crippen LogP contribution in [0.1, 0.15) is 44.6 Å². The molecule has 0 spiro atoms. The van der Waals surface area contributed by atoms with Crippen molar-refractivity contribution in [2.24, 2.45) is 5.92 Å². The highest BCUT2D eigenvalue weighted by Crippen LogP contribution is 2.30. The van der Waals surface area contributed by atoms with Crippen LogP contribution in [0.15, 0.2) is 23.8 Å². The second kappa shape index (κ2) is 7.53. The van der Waals surface area contributed by atoms with Gasteiger partial charge in [0.15, 0.2) is 0 Å². The standard InChI is InChI=1S/C17H23F2N/c1-2-20-12-15(14-6-4-3-5-7-14)8-13-9-16(18)11-17(19)10-13/h8-11,14,20H,2-7,12H2,1H3/b15-8-. The molecule has 0 radical (unpaired) electrons. The Balaban J connectivity index is 2.21. The van der Waals surface area contributed by atoms with Crippen LogP contribution in [0.25, 0.3) is 6.08 Å². The van der Waals surface area contributed by atoms with Crippen LogP contribution in [0.4, 0.5) is 8.78 Å². The Morgan fingerprint density at radius 3 is 2.40 bits per heavy atom. The fourth-order valence-corrected chi connectivity index (χ4v) is 2.93. The van der Waals surface area contributed by atoms with Gasteiger partial charge in [-0.25, -0.2) is 8.78 Å². The van der Waals surface area contributed by atoms with Crippen LogP contribution in [-0.2, 0) is 0 Å². The van der Waals surface area contributed by atoms with Crippen molar-refractivity contribution in [3.05, 3.63) is 41.0 Å². The molecular formula is C17H23F2N. The summed E-state index contributed by atoms with van der Waals surface area (Å²) in [7, 11) is 0. The van der Waals surface area contributed by atoms with Gasteiger partial charge in [-0.3, -0.25) is 0 Å². The summed E-state index contributed by atoms with van der Waals surface area (Å²) in [6.07, 6.45) is 8.16. The fraction of sp³-hybridized carbons (Fsp3) is 0.529. The van der Waals surface area contributed by atoms with Gasteiger partial charge in [0, 0.05) is 12.6 Å². The fourth-order valence-electron chi connectivity index (χ4n) is 2.93. The lowest BCUT2D eigenvalue weighted by Crippen LogP contribution is -2.22. The Labute approximate surface area is 120 Å². The van der Waals surface area contributed by atoms with Gasteiger partial charge in [0.2, 0.25) is 0 Å².